The molecule has 0 spiro atoms. The summed E-state index contributed by atoms with van der Waals surface area (Å²) in [5.41, 5.74) is 4.28. The predicted octanol–water partition coefficient (Wildman–Crippen LogP) is 4.65. The number of nitrogens with zero attached hydrogens (tertiary/aromatic N) is 1. The topological polar surface area (TPSA) is 23.5 Å². The standard InChI is InChI=1S/C18H22FNO/c1-5-20(15-8-6-12(2)7-9-15)18-10-13(3)17(19)11-16(18)14(4)21/h6-11,14,21H,5H2,1-4H3/t14-/m0/s1. The highest BCUT2D eigenvalue weighted by molar-refractivity contribution is 5.68. The van der Waals surface area contributed by atoms with Crippen molar-refractivity contribution in [3.63, 3.8) is 0 Å². The number of aliphatic hydroxyl groups is 1. The molecule has 0 heterocycles. The predicted molar refractivity (Wildman–Crippen MR) is 85.6 cm³/mol. The normalized spacial score (nSPS) is 12.3. The van der Waals surface area contributed by atoms with Gasteiger partial charge in [-0.2, -0.15) is 0 Å². The van der Waals surface area contributed by atoms with Crippen LogP contribution in [0.3, 0.4) is 0 Å². The van der Waals surface area contributed by atoms with E-state index in [4.69, 9.17) is 0 Å². The Kier molecular flexibility index (Phi) is 4.63. The lowest BCUT2D eigenvalue weighted by Gasteiger charge is -2.27. The first-order valence-electron chi connectivity index (χ1n) is 7.26. The van der Waals surface area contributed by atoms with Gasteiger partial charge in [-0.15, -0.1) is 0 Å². The molecule has 0 bridgehead atoms. The summed E-state index contributed by atoms with van der Waals surface area (Å²) in [4.78, 5) is 2.09. The van der Waals surface area contributed by atoms with E-state index in [0.29, 0.717) is 11.1 Å². The van der Waals surface area contributed by atoms with Crippen LogP contribution in [0.25, 0.3) is 0 Å². The molecule has 1 atom stereocenters. The Labute approximate surface area is 125 Å². The summed E-state index contributed by atoms with van der Waals surface area (Å²) < 4.78 is 13.8. The molecule has 0 aliphatic heterocycles. The maximum atomic E-state index is 13.8. The van der Waals surface area contributed by atoms with Gasteiger partial charge in [0.05, 0.1) is 6.10 Å². The lowest BCUT2D eigenvalue weighted by molar-refractivity contribution is 0.199. The van der Waals surface area contributed by atoms with Gasteiger partial charge in [0.25, 0.3) is 0 Å². The highest BCUT2D eigenvalue weighted by Gasteiger charge is 2.17. The van der Waals surface area contributed by atoms with E-state index >= 15 is 0 Å². The molecule has 112 valence electrons. The van der Waals surface area contributed by atoms with Crippen molar-refractivity contribution in [3.8, 4) is 0 Å². The van der Waals surface area contributed by atoms with E-state index in [0.717, 1.165) is 17.9 Å². The quantitative estimate of drug-likeness (QED) is 0.884. The molecule has 2 aromatic carbocycles. The minimum absolute atomic E-state index is 0.283. The molecular weight excluding hydrogens is 265 g/mol. The van der Waals surface area contributed by atoms with E-state index in [9.17, 15) is 9.50 Å². The summed E-state index contributed by atoms with van der Waals surface area (Å²) in [6.45, 7) is 8.24. The van der Waals surface area contributed by atoms with Crippen LogP contribution in [-0.4, -0.2) is 11.7 Å². The number of hydrogen-bond donors (Lipinski definition) is 1. The SMILES string of the molecule is CCN(c1ccc(C)cc1)c1cc(C)c(F)cc1[C@H](C)O. The average Bonchev–Trinajstić information content (AvgIpc) is 2.45. The van der Waals surface area contributed by atoms with Crippen molar-refractivity contribution in [2.45, 2.75) is 33.8 Å². The Hall–Kier alpha value is -1.87. The second-order valence-electron chi connectivity index (χ2n) is 5.42. The zero-order valence-electron chi connectivity index (χ0n) is 13.0. The summed E-state index contributed by atoms with van der Waals surface area (Å²) >= 11 is 0. The van der Waals surface area contributed by atoms with Crippen LogP contribution in [0.5, 0.6) is 0 Å². The molecule has 0 unspecified atom stereocenters. The number of hydrogen-bond acceptors (Lipinski definition) is 2. The maximum absolute atomic E-state index is 13.8. The zero-order valence-corrected chi connectivity index (χ0v) is 13.0. The van der Waals surface area contributed by atoms with Crippen molar-refractivity contribution in [2.75, 3.05) is 11.4 Å². The molecule has 0 radical (unpaired) electrons. The van der Waals surface area contributed by atoms with E-state index in [-0.39, 0.29) is 5.82 Å². The highest BCUT2D eigenvalue weighted by Crippen LogP contribution is 2.34. The second kappa shape index (κ2) is 6.27. The first-order chi connectivity index (χ1) is 9.93. The van der Waals surface area contributed by atoms with E-state index < -0.39 is 6.10 Å². The van der Waals surface area contributed by atoms with Gasteiger partial charge in [0.15, 0.2) is 0 Å². The number of rotatable bonds is 4. The molecule has 0 aliphatic carbocycles. The third-order valence-corrected chi connectivity index (χ3v) is 3.71. The van der Waals surface area contributed by atoms with Gasteiger partial charge in [0.2, 0.25) is 0 Å². The van der Waals surface area contributed by atoms with E-state index in [2.05, 4.69) is 17.0 Å². The second-order valence-corrected chi connectivity index (χ2v) is 5.42. The number of halogens is 1. The summed E-state index contributed by atoms with van der Waals surface area (Å²) in [6.07, 6.45) is -0.713. The van der Waals surface area contributed by atoms with Gasteiger partial charge >= 0.3 is 0 Å². The Morgan fingerprint density at radius 3 is 2.29 bits per heavy atom. The fraction of sp³-hybridized carbons (Fsp3) is 0.333. The molecular formula is C18H22FNO. The number of anilines is 2. The zero-order chi connectivity index (χ0) is 15.6. The van der Waals surface area contributed by atoms with Crippen molar-refractivity contribution >= 4 is 11.4 Å². The monoisotopic (exact) mass is 287 g/mol. The van der Waals surface area contributed by atoms with Crippen molar-refractivity contribution in [1.82, 2.24) is 0 Å². The van der Waals surface area contributed by atoms with Gasteiger partial charge in [-0.25, -0.2) is 4.39 Å². The molecule has 0 saturated heterocycles. The van der Waals surface area contributed by atoms with E-state index in [1.807, 2.05) is 26.0 Å². The van der Waals surface area contributed by atoms with Gasteiger partial charge in [0, 0.05) is 23.5 Å². The average molecular weight is 287 g/mol. The molecule has 0 amide bonds. The Morgan fingerprint density at radius 2 is 1.76 bits per heavy atom. The molecule has 0 fully saturated rings. The smallest absolute Gasteiger partial charge is 0.126 e. The van der Waals surface area contributed by atoms with Gasteiger partial charge in [-0.3, -0.25) is 0 Å². The molecule has 0 saturated carbocycles. The lowest BCUT2D eigenvalue weighted by atomic mass is 10.0. The fourth-order valence-corrected chi connectivity index (χ4v) is 2.47. The Morgan fingerprint density at radius 1 is 1.14 bits per heavy atom. The van der Waals surface area contributed by atoms with Gasteiger partial charge in [-0.05, 0) is 57.5 Å². The van der Waals surface area contributed by atoms with Crippen LogP contribution >= 0.6 is 0 Å². The van der Waals surface area contributed by atoms with Crippen molar-refractivity contribution < 1.29 is 9.50 Å². The van der Waals surface area contributed by atoms with Gasteiger partial charge < -0.3 is 10.0 Å². The number of benzene rings is 2. The van der Waals surface area contributed by atoms with Crippen LogP contribution in [0, 0.1) is 19.7 Å². The summed E-state index contributed by atoms with van der Waals surface area (Å²) in [5, 5.41) is 9.96. The highest BCUT2D eigenvalue weighted by atomic mass is 19.1. The van der Waals surface area contributed by atoms with Crippen molar-refractivity contribution in [1.29, 1.82) is 0 Å². The molecule has 0 aliphatic rings. The van der Waals surface area contributed by atoms with Crippen LogP contribution in [0.15, 0.2) is 36.4 Å². The van der Waals surface area contributed by atoms with E-state index in [1.165, 1.54) is 11.6 Å². The van der Waals surface area contributed by atoms with E-state index in [1.54, 1.807) is 19.9 Å². The third kappa shape index (κ3) is 3.24. The minimum atomic E-state index is -0.713. The fourth-order valence-electron chi connectivity index (χ4n) is 2.47. The number of aliphatic hydroxyl groups excluding tert-OH is 1. The molecule has 0 aromatic heterocycles. The third-order valence-electron chi connectivity index (χ3n) is 3.71. The first kappa shape index (κ1) is 15.5. The minimum Gasteiger partial charge on any atom is -0.389 e. The first-order valence-corrected chi connectivity index (χ1v) is 7.26. The summed E-state index contributed by atoms with van der Waals surface area (Å²) in [7, 11) is 0. The van der Waals surface area contributed by atoms with Crippen LogP contribution in [0.4, 0.5) is 15.8 Å². The molecule has 1 N–H and O–H groups in total. The molecule has 2 nitrogen and oxygen atoms in total. The number of aryl methyl sites for hydroxylation is 2. The summed E-state index contributed by atoms with van der Waals surface area (Å²) in [6, 6.07) is 11.4. The molecule has 2 aromatic rings. The Bertz CT molecular complexity index is 620. The largest absolute Gasteiger partial charge is 0.389 e. The van der Waals surface area contributed by atoms with Crippen LogP contribution in [-0.2, 0) is 0 Å². The van der Waals surface area contributed by atoms with Gasteiger partial charge in [-0.1, -0.05) is 17.7 Å². The van der Waals surface area contributed by atoms with Crippen LogP contribution in [0.1, 0.15) is 36.6 Å². The summed E-state index contributed by atoms with van der Waals surface area (Å²) in [5.74, 6) is -0.283. The van der Waals surface area contributed by atoms with Crippen LogP contribution in [0.2, 0.25) is 0 Å². The molecule has 3 heteroatoms. The van der Waals surface area contributed by atoms with Gasteiger partial charge in [0.1, 0.15) is 5.82 Å². The van der Waals surface area contributed by atoms with Crippen molar-refractivity contribution in [3.05, 3.63) is 58.9 Å². The molecule has 2 rings (SSSR count). The molecule has 21 heavy (non-hydrogen) atoms. The van der Waals surface area contributed by atoms with Crippen LogP contribution < -0.4 is 4.90 Å². The maximum Gasteiger partial charge on any atom is 0.126 e. The van der Waals surface area contributed by atoms with Crippen molar-refractivity contribution in [2.24, 2.45) is 0 Å². The lowest BCUT2D eigenvalue weighted by Crippen LogP contribution is -2.19. The Balaban J connectivity index is 2.56.